The minimum absolute atomic E-state index is 0.0907. The molecule has 2 amide bonds. The van der Waals surface area contributed by atoms with E-state index in [9.17, 15) is 14.0 Å². The molecule has 136 valence electrons. The summed E-state index contributed by atoms with van der Waals surface area (Å²) in [5.74, 6) is 0.265. The van der Waals surface area contributed by atoms with E-state index in [0.717, 1.165) is 6.42 Å². The molecule has 0 aromatic heterocycles. The SMILES string of the molecule is C[C@@H]1C[C@H](C)CN(C(=O)[C@@H]2OCC(=O)N(C)[C@@H]2c2ccc(F)cc2)C1. The zero-order valence-corrected chi connectivity index (χ0v) is 14.9. The highest BCUT2D eigenvalue weighted by Gasteiger charge is 2.42. The Kier molecular flexibility index (Phi) is 5.08. The Morgan fingerprint density at radius 2 is 1.76 bits per heavy atom. The normalized spacial score (nSPS) is 30.5. The zero-order valence-electron chi connectivity index (χ0n) is 14.9. The number of halogens is 1. The first kappa shape index (κ1) is 17.9. The van der Waals surface area contributed by atoms with E-state index < -0.39 is 12.1 Å². The van der Waals surface area contributed by atoms with Gasteiger partial charge in [-0.3, -0.25) is 9.59 Å². The van der Waals surface area contributed by atoms with Crippen molar-refractivity contribution in [1.82, 2.24) is 9.80 Å². The van der Waals surface area contributed by atoms with Crippen molar-refractivity contribution in [3.8, 4) is 0 Å². The fraction of sp³-hybridized carbons (Fsp3) is 0.579. The molecule has 0 unspecified atom stereocenters. The highest BCUT2D eigenvalue weighted by Crippen LogP contribution is 2.32. The maximum Gasteiger partial charge on any atom is 0.254 e. The average molecular weight is 348 g/mol. The third-order valence-electron chi connectivity index (χ3n) is 5.12. The van der Waals surface area contributed by atoms with Gasteiger partial charge in [-0.05, 0) is 36.0 Å². The van der Waals surface area contributed by atoms with Crippen LogP contribution in [0.5, 0.6) is 0 Å². The van der Waals surface area contributed by atoms with E-state index in [2.05, 4.69) is 13.8 Å². The van der Waals surface area contributed by atoms with Gasteiger partial charge in [0.25, 0.3) is 5.91 Å². The molecule has 25 heavy (non-hydrogen) atoms. The lowest BCUT2D eigenvalue weighted by Crippen LogP contribution is -2.55. The van der Waals surface area contributed by atoms with Gasteiger partial charge in [-0.15, -0.1) is 0 Å². The van der Waals surface area contributed by atoms with Crippen LogP contribution in [0, 0.1) is 17.7 Å². The number of hydrogen-bond acceptors (Lipinski definition) is 3. The largest absolute Gasteiger partial charge is 0.356 e. The summed E-state index contributed by atoms with van der Waals surface area (Å²) in [6, 6.07) is 5.37. The fourth-order valence-electron chi connectivity index (χ4n) is 4.00. The molecular weight excluding hydrogens is 323 g/mol. The number of amides is 2. The number of nitrogens with zero attached hydrogens (tertiary/aromatic N) is 2. The molecule has 1 aromatic rings. The van der Waals surface area contributed by atoms with Crippen LogP contribution in [0.1, 0.15) is 31.9 Å². The van der Waals surface area contributed by atoms with Gasteiger partial charge in [-0.1, -0.05) is 26.0 Å². The molecule has 2 saturated heterocycles. The maximum atomic E-state index is 13.3. The fourth-order valence-corrected chi connectivity index (χ4v) is 4.00. The summed E-state index contributed by atoms with van der Waals surface area (Å²) in [5, 5.41) is 0. The monoisotopic (exact) mass is 348 g/mol. The van der Waals surface area contributed by atoms with Gasteiger partial charge in [0, 0.05) is 20.1 Å². The second-order valence-electron chi connectivity index (χ2n) is 7.42. The second kappa shape index (κ2) is 7.12. The molecule has 3 rings (SSSR count). The molecule has 6 heteroatoms. The molecule has 0 saturated carbocycles. The summed E-state index contributed by atoms with van der Waals surface area (Å²) in [6.07, 6.45) is 0.348. The minimum atomic E-state index is -0.759. The molecule has 0 aliphatic carbocycles. The van der Waals surface area contributed by atoms with E-state index in [1.807, 2.05) is 4.90 Å². The third-order valence-corrected chi connectivity index (χ3v) is 5.12. The van der Waals surface area contributed by atoms with Crippen LogP contribution in [0.25, 0.3) is 0 Å². The van der Waals surface area contributed by atoms with Crippen LogP contribution in [0.4, 0.5) is 4.39 Å². The third kappa shape index (κ3) is 3.68. The lowest BCUT2D eigenvalue weighted by atomic mass is 9.90. The number of hydrogen-bond donors (Lipinski definition) is 0. The van der Waals surface area contributed by atoms with Crippen molar-refractivity contribution in [2.24, 2.45) is 11.8 Å². The zero-order chi connectivity index (χ0) is 18.1. The molecule has 0 radical (unpaired) electrons. The Balaban J connectivity index is 1.87. The molecule has 2 aliphatic rings. The van der Waals surface area contributed by atoms with Crippen molar-refractivity contribution in [1.29, 1.82) is 0 Å². The van der Waals surface area contributed by atoms with Gasteiger partial charge in [-0.2, -0.15) is 0 Å². The van der Waals surface area contributed by atoms with Crippen molar-refractivity contribution < 1.29 is 18.7 Å². The lowest BCUT2D eigenvalue weighted by molar-refractivity contribution is -0.168. The number of morpholine rings is 1. The Morgan fingerprint density at radius 1 is 1.16 bits per heavy atom. The Morgan fingerprint density at radius 3 is 2.36 bits per heavy atom. The van der Waals surface area contributed by atoms with Gasteiger partial charge in [0.05, 0.1) is 6.04 Å². The van der Waals surface area contributed by atoms with E-state index in [1.165, 1.54) is 17.0 Å². The van der Waals surface area contributed by atoms with Gasteiger partial charge in [-0.25, -0.2) is 4.39 Å². The van der Waals surface area contributed by atoms with Gasteiger partial charge in [0.2, 0.25) is 5.91 Å². The predicted molar refractivity (Wildman–Crippen MR) is 91.2 cm³/mol. The van der Waals surface area contributed by atoms with Gasteiger partial charge in [0.15, 0.2) is 6.10 Å². The predicted octanol–water partition coefficient (Wildman–Crippen LogP) is 2.23. The summed E-state index contributed by atoms with van der Waals surface area (Å²) >= 11 is 0. The van der Waals surface area contributed by atoms with Crippen LogP contribution in [0.2, 0.25) is 0 Å². The molecule has 5 nitrogen and oxygen atoms in total. The van der Waals surface area contributed by atoms with E-state index in [1.54, 1.807) is 19.2 Å². The number of carbonyl (C=O) groups is 2. The standard InChI is InChI=1S/C19H25FN2O3/c1-12-8-13(2)10-22(9-12)19(24)18-17(21(3)16(23)11-25-18)14-4-6-15(20)7-5-14/h4-7,12-13,17-18H,8-11H2,1-3H3/t12-,13+,17-,18-/m1/s1. The van der Waals surface area contributed by atoms with Crippen LogP contribution in [0.3, 0.4) is 0 Å². The number of rotatable bonds is 2. The second-order valence-corrected chi connectivity index (χ2v) is 7.42. The minimum Gasteiger partial charge on any atom is -0.356 e. The van der Waals surface area contributed by atoms with Crippen molar-refractivity contribution >= 4 is 11.8 Å². The molecule has 0 bridgehead atoms. The van der Waals surface area contributed by atoms with E-state index in [4.69, 9.17) is 4.74 Å². The molecule has 2 aliphatic heterocycles. The lowest BCUT2D eigenvalue weighted by Gasteiger charge is -2.42. The average Bonchev–Trinajstić information content (AvgIpc) is 2.57. The molecule has 4 atom stereocenters. The van der Waals surface area contributed by atoms with Crippen molar-refractivity contribution in [2.75, 3.05) is 26.7 Å². The van der Waals surface area contributed by atoms with Crippen molar-refractivity contribution in [2.45, 2.75) is 32.4 Å². The maximum absolute atomic E-state index is 13.3. The Bertz CT molecular complexity index is 639. The van der Waals surface area contributed by atoms with Crippen molar-refractivity contribution in [3.63, 3.8) is 0 Å². The number of ether oxygens (including phenoxy) is 1. The number of carbonyl (C=O) groups excluding carboxylic acids is 2. The van der Waals surface area contributed by atoms with Crippen LogP contribution in [0.15, 0.2) is 24.3 Å². The number of likely N-dealkylation sites (tertiary alicyclic amines) is 1. The van der Waals surface area contributed by atoms with Crippen LogP contribution in [-0.4, -0.2) is 54.5 Å². The summed E-state index contributed by atoms with van der Waals surface area (Å²) in [7, 11) is 1.67. The number of benzene rings is 1. The first-order valence-electron chi connectivity index (χ1n) is 8.78. The molecule has 1 aromatic carbocycles. The number of piperidine rings is 1. The van der Waals surface area contributed by atoms with Crippen LogP contribution < -0.4 is 0 Å². The summed E-state index contributed by atoms with van der Waals surface area (Å²) < 4.78 is 18.9. The molecule has 0 N–H and O–H groups in total. The van der Waals surface area contributed by atoms with E-state index in [-0.39, 0.29) is 24.2 Å². The molecule has 2 fully saturated rings. The first-order chi connectivity index (χ1) is 11.9. The highest BCUT2D eigenvalue weighted by molar-refractivity contribution is 5.86. The van der Waals surface area contributed by atoms with E-state index in [0.29, 0.717) is 30.5 Å². The van der Waals surface area contributed by atoms with E-state index >= 15 is 0 Å². The van der Waals surface area contributed by atoms with Crippen LogP contribution >= 0.6 is 0 Å². The summed E-state index contributed by atoms with van der Waals surface area (Å²) in [5.41, 5.74) is 0.702. The first-order valence-corrected chi connectivity index (χ1v) is 8.78. The van der Waals surface area contributed by atoms with Gasteiger partial charge in [0.1, 0.15) is 12.4 Å². The van der Waals surface area contributed by atoms with Crippen LogP contribution in [-0.2, 0) is 14.3 Å². The smallest absolute Gasteiger partial charge is 0.254 e. The number of likely N-dealkylation sites (N-methyl/N-ethyl adjacent to an activating group) is 1. The molecule has 0 spiro atoms. The molecule has 2 heterocycles. The molecular formula is C19H25FN2O3. The van der Waals surface area contributed by atoms with Crippen molar-refractivity contribution in [3.05, 3.63) is 35.6 Å². The summed E-state index contributed by atoms with van der Waals surface area (Å²) in [6.45, 7) is 5.59. The quantitative estimate of drug-likeness (QED) is 0.824. The van der Waals surface area contributed by atoms with Gasteiger partial charge < -0.3 is 14.5 Å². The Labute approximate surface area is 147 Å². The van der Waals surface area contributed by atoms with Gasteiger partial charge >= 0.3 is 0 Å². The highest BCUT2D eigenvalue weighted by atomic mass is 19.1. The topological polar surface area (TPSA) is 49.9 Å². The summed E-state index contributed by atoms with van der Waals surface area (Å²) in [4.78, 5) is 28.6. The Hall–Kier alpha value is -1.95.